The summed E-state index contributed by atoms with van der Waals surface area (Å²) in [4.78, 5) is 12.7. The Morgan fingerprint density at radius 1 is 1.17 bits per heavy atom. The summed E-state index contributed by atoms with van der Waals surface area (Å²) in [6.07, 6.45) is 1.80. The topological polar surface area (TPSA) is 127 Å². The molecule has 0 saturated carbocycles. The van der Waals surface area contributed by atoms with Crippen LogP contribution in [0.1, 0.15) is 6.23 Å². The molecule has 4 heterocycles. The number of rotatable bonds is 3. The van der Waals surface area contributed by atoms with E-state index in [-0.39, 0.29) is 0 Å². The highest BCUT2D eigenvalue weighted by molar-refractivity contribution is 5.86. The van der Waals surface area contributed by atoms with E-state index in [1.54, 1.807) is 12.3 Å². The van der Waals surface area contributed by atoms with Crippen molar-refractivity contribution in [3.8, 4) is 11.3 Å². The van der Waals surface area contributed by atoms with Gasteiger partial charge in [0, 0.05) is 5.56 Å². The molecule has 23 heavy (non-hydrogen) atoms. The highest BCUT2D eigenvalue weighted by atomic mass is 16.6. The van der Waals surface area contributed by atoms with Gasteiger partial charge >= 0.3 is 0 Å². The number of aromatic nitrogens is 4. The Labute approximate surface area is 129 Å². The van der Waals surface area contributed by atoms with Gasteiger partial charge in [0.05, 0.1) is 25.5 Å². The summed E-state index contributed by atoms with van der Waals surface area (Å²) in [5.74, 6) is 0. The van der Waals surface area contributed by atoms with Crippen molar-refractivity contribution >= 4 is 11.2 Å². The second-order valence-corrected chi connectivity index (χ2v) is 5.29. The molecule has 3 aromatic heterocycles. The first kappa shape index (κ1) is 14.3. The van der Waals surface area contributed by atoms with Gasteiger partial charge in [-0.3, -0.25) is 4.57 Å². The molecule has 3 aromatic rings. The maximum atomic E-state index is 10.2. The first-order valence-corrected chi connectivity index (χ1v) is 7.03. The molecule has 1 fully saturated rings. The molecule has 4 atom stereocenters. The van der Waals surface area contributed by atoms with E-state index >= 15 is 0 Å². The first-order valence-electron chi connectivity index (χ1n) is 7.03. The molecule has 9 heteroatoms. The quantitative estimate of drug-likeness (QED) is 0.600. The van der Waals surface area contributed by atoms with E-state index in [2.05, 4.69) is 15.0 Å². The van der Waals surface area contributed by atoms with Crippen LogP contribution in [-0.4, -0.2) is 59.8 Å². The number of fused-ring (bicyclic) bond motifs is 1. The van der Waals surface area contributed by atoms with Gasteiger partial charge in [-0.15, -0.1) is 0 Å². The van der Waals surface area contributed by atoms with Gasteiger partial charge in [-0.05, 0) is 6.07 Å². The summed E-state index contributed by atoms with van der Waals surface area (Å²) in [7, 11) is 0. The van der Waals surface area contributed by atoms with Gasteiger partial charge in [0.1, 0.15) is 35.8 Å². The summed E-state index contributed by atoms with van der Waals surface area (Å²) in [5, 5.41) is 29.2. The van der Waals surface area contributed by atoms with Crippen LogP contribution in [0.15, 0.2) is 35.7 Å². The van der Waals surface area contributed by atoms with E-state index in [0.717, 1.165) is 5.56 Å². The fraction of sp³-hybridized carbons (Fsp3) is 0.357. The molecule has 0 bridgehead atoms. The van der Waals surface area contributed by atoms with Crippen LogP contribution >= 0.6 is 0 Å². The van der Waals surface area contributed by atoms with Crippen molar-refractivity contribution in [2.45, 2.75) is 24.5 Å². The molecule has 0 aliphatic carbocycles. The molecule has 0 spiro atoms. The normalized spacial score (nSPS) is 27.8. The van der Waals surface area contributed by atoms with Crippen LogP contribution in [0.3, 0.4) is 0 Å². The Morgan fingerprint density at radius 3 is 2.74 bits per heavy atom. The van der Waals surface area contributed by atoms with Crippen molar-refractivity contribution in [3.05, 3.63) is 31.2 Å². The lowest BCUT2D eigenvalue weighted by molar-refractivity contribution is -0.0511. The number of hydrogen-bond acceptors (Lipinski definition) is 8. The zero-order valence-corrected chi connectivity index (χ0v) is 11.9. The first-order chi connectivity index (χ1) is 11.2. The Bertz CT molecular complexity index is 818. The van der Waals surface area contributed by atoms with Gasteiger partial charge in [0.25, 0.3) is 0 Å². The number of aliphatic hydroxyl groups is 3. The summed E-state index contributed by atoms with van der Waals surface area (Å²) in [5.41, 5.74) is 2.32. The second kappa shape index (κ2) is 5.39. The third-order valence-corrected chi connectivity index (χ3v) is 3.94. The molecule has 120 valence electrons. The van der Waals surface area contributed by atoms with Crippen LogP contribution in [0.25, 0.3) is 22.4 Å². The van der Waals surface area contributed by atoms with Gasteiger partial charge in [0.15, 0.2) is 11.9 Å². The van der Waals surface area contributed by atoms with Crippen molar-refractivity contribution in [1.82, 2.24) is 19.5 Å². The molecule has 1 aliphatic heterocycles. The summed E-state index contributed by atoms with van der Waals surface area (Å²) in [6, 6.07) is 1.76. The largest absolute Gasteiger partial charge is 0.472 e. The summed E-state index contributed by atoms with van der Waals surface area (Å²) in [6.45, 7) is -0.392. The predicted molar refractivity (Wildman–Crippen MR) is 76.0 cm³/mol. The van der Waals surface area contributed by atoms with E-state index < -0.39 is 31.1 Å². The molecule has 0 amide bonds. The zero-order chi connectivity index (χ0) is 16.0. The zero-order valence-electron chi connectivity index (χ0n) is 11.9. The SMILES string of the molecule is OC[C@H]1OC(n2cnc3c(-c4ccoc4)ncnc32)[C@H](O)[C@@H]1O. The average Bonchev–Trinajstić information content (AvgIpc) is 3.28. The Hall–Kier alpha value is -2.33. The number of ether oxygens (including phenoxy) is 1. The molecule has 0 aromatic carbocycles. The fourth-order valence-corrected chi connectivity index (χ4v) is 2.76. The van der Waals surface area contributed by atoms with Crippen molar-refractivity contribution in [2.75, 3.05) is 6.61 Å². The molecule has 9 nitrogen and oxygen atoms in total. The maximum Gasteiger partial charge on any atom is 0.166 e. The van der Waals surface area contributed by atoms with Crippen LogP contribution in [0.4, 0.5) is 0 Å². The summed E-state index contributed by atoms with van der Waals surface area (Å²) < 4.78 is 12.1. The highest BCUT2D eigenvalue weighted by Crippen LogP contribution is 2.32. The number of furan rings is 1. The third kappa shape index (κ3) is 2.13. The standard InChI is InChI=1S/C14H14N4O5/c19-3-8-11(20)12(21)14(23-8)18-6-17-10-9(7-1-2-22-4-7)15-5-16-13(10)18/h1-2,4-6,8,11-12,14,19-21H,3H2/t8-,11-,12-,14?/m1/s1. The van der Waals surface area contributed by atoms with Gasteiger partial charge in [-0.25, -0.2) is 15.0 Å². The van der Waals surface area contributed by atoms with Gasteiger partial charge in [-0.1, -0.05) is 0 Å². The number of hydrogen-bond donors (Lipinski definition) is 3. The minimum atomic E-state index is -1.20. The molecule has 1 unspecified atom stereocenters. The van der Waals surface area contributed by atoms with Gasteiger partial charge < -0.3 is 24.5 Å². The molecule has 4 rings (SSSR count). The molecule has 0 radical (unpaired) electrons. The fourth-order valence-electron chi connectivity index (χ4n) is 2.76. The van der Waals surface area contributed by atoms with Crippen molar-refractivity contribution in [1.29, 1.82) is 0 Å². The molecular weight excluding hydrogens is 304 g/mol. The minimum Gasteiger partial charge on any atom is -0.472 e. The lowest BCUT2D eigenvalue weighted by atomic mass is 10.1. The number of aliphatic hydroxyl groups excluding tert-OH is 3. The van der Waals surface area contributed by atoms with E-state index in [9.17, 15) is 15.3 Å². The molecule has 3 N–H and O–H groups in total. The van der Waals surface area contributed by atoms with Gasteiger partial charge in [0.2, 0.25) is 0 Å². The smallest absolute Gasteiger partial charge is 0.166 e. The number of nitrogens with zero attached hydrogens (tertiary/aromatic N) is 4. The second-order valence-electron chi connectivity index (χ2n) is 5.29. The lowest BCUT2D eigenvalue weighted by Crippen LogP contribution is -2.33. The Balaban J connectivity index is 1.80. The van der Waals surface area contributed by atoms with E-state index in [1.807, 2.05) is 0 Å². The van der Waals surface area contributed by atoms with Crippen LogP contribution in [0.2, 0.25) is 0 Å². The van der Waals surface area contributed by atoms with Crippen molar-refractivity contribution in [2.24, 2.45) is 0 Å². The number of imidazole rings is 1. The average molecular weight is 318 g/mol. The third-order valence-electron chi connectivity index (χ3n) is 3.94. The molecule has 1 aliphatic rings. The lowest BCUT2D eigenvalue weighted by Gasteiger charge is -2.16. The Kier molecular flexibility index (Phi) is 3.34. The minimum absolute atomic E-state index is 0.392. The predicted octanol–water partition coefficient (Wildman–Crippen LogP) is -0.302. The van der Waals surface area contributed by atoms with Gasteiger partial charge in [-0.2, -0.15) is 0 Å². The van der Waals surface area contributed by atoms with Crippen LogP contribution in [0.5, 0.6) is 0 Å². The molecular formula is C14H14N4O5. The summed E-state index contributed by atoms with van der Waals surface area (Å²) >= 11 is 0. The van der Waals surface area contributed by atoms with E-state index in [1.165, 1.54) is 23.5 Å². The van der Waals surface area contributed by atoms with Crippen molar-refractivity contribution < 1.29 is 24.5 Å². The van der Waals surface area contributed by atoms with E-state index in [4.69, 9.17) is 9.15 Å². The highest BCUT2D eigenvalue weighted by Gasteiger charge is 2.44. The van der Waals surface area contributed by atoms with Crippen LogP contribution < -0.4 is 0 Å². The molecule has 1 saturated heterocycles. The van der Waals surface area contributed by atoms with Crippen LogP contribution in [0, 0.1) is 0 Å². The maximum absolute atomic E-state index is 10.2. The monoisotopic (exact) mass is 318 g/mol. The van der Waals surface area contributed by atoms with Crippen LogP contribution in [-0.2, 0) is 4.74 Å². The van der Waals surface area contributed by atoms with E-state index in [0.29, 0.717) is 16.9 Å². The van der Waals surface area contributed by atoms with Crippen molar-refractivity contribution in [3.63, 3.8) is 0 Å². The Morgan fingerprint density at radius 2 is 2.04 bits per heavy atom.